The SMILES string of the molecule is CNC=O.FC1(F)CCCCC1.O=C(NCc1cn2ncc(CC3CC(C(F)(F)F)NC3=O)cc2n1)c1nonc1C(F)F. The lowest BCUT2D eigenvalue weighted by Crippen LogP contribution is -2.38. The van der Waals surface area contributed by atoms with E-state index in [4.69, 9.17) is 4.79 Å². The molecule has 2 fully saturated rings. The number of rotatable bonds is 7. The van der Waals surface area contributed by atoms with Gasteiger partial charge in [-0.05, 0) is 47.6 Å². The van der Waals surface area contributed by atoms with Crippen LogP contribution >= 0.6 is 0 Å². The minimum atomic E-state index is -4.51. The lowest BCUT2D eigenvalue weighted by Gasteiger charge is -2.20. The second-order valence-electron chi connectivity index (χ2n) is 9.94. The number of hydrogen-bond donors (Lipinski definition) is 3. The van der Waals surface area contributed by atoms with Crippen molar-refractivity contribution < 1.29 is 49.7 Å². The number of amides is 3. The van der Waals surface area contributed by atoms with Crippen molar-refractivity contribution >= 4 is 23.9 Å². The van der Waals surface area contributed by atoms with E-state index >= 15 is 0 Å². The van der Waals surface area contributed by atoms with Gasteiger partial charge in [0.1, 0.15) is 6.04 Å². The third kappa shape index (κ3) is 9.60. The van der Waals surface area contributed by atoms with Gasteiger partial charge >= 0.3 is 6.18 Å². The number of halogens is 7. The van der Waals surface area contributed by atoms with E-state index in [1.54, 1.807) is 13.1 Å². The maximum absolute atomic E-state index is 12.8. The molecule has 242 valence electrons. The maximum atomic E-state index is 12.8. The van der Waals surface area contributed by atoms with Crippen LogP contribution < -0.4 is 16.0 Å². The van der Waals surface area contributed by atoms with Gasteiger partial charge in [-0.25, -0.2) is 31.7 Å². The van der Waals surface area contributed by atoms with E-state index in [0.717, 1.165) is 6.42 Å². The molecule has 12 nitrogen and oxygen atoms in total. The number of nitrogens with zero attached hydrogens (tertiary/aromatic N) is 5. The van der Waals surface area contributed by atoms with Crippen molar-refractivity contribution in [2.45, 2.75) is 76.1 Å². The molecule has 0 spiro atoms. The Morgan fingerprint density at radius 3 is 2.45 bits per heavy atom. The molecule has 3 aromatic heterocycles. The van der Waals surface area contributed by atoms with Crippen molar-refractivity contribution in [3.63, 3.8) is 0 Å². The monoisotopic (exact) mass is 638 g/mol. The molecule has 1 aliphatic heterocycles. The molecule has 5 rings (SSSR count). The van der Waals surface area contributed by atoms with Gasteiger partial charge in [0.15, 0.2) is 11.3 Å². The molecule has 2 aliphatic rings. The van der Waals surface area contributed by atoms with Crippen molar-refractivity contribution in [2.75, 3.05) is 7.05 Å². The van der Waals surface area contributed by atoms with Crippen molar-refractivity contribution in [1.82, 2.24) is 40.9 Å². The first-order valence-corrected chi connectivity index (χ1v) is 13.3. The zero-order chi connectivity index (χ0) is 32.5. The fraction of sp³-hybridized carbons (Fsp3) is 0.560. The number of carbonyl (C=O) groups is 3. The number of fused-ring (bicyclic) bond motifs is 1. The summed E-state index contributed by atoms with van der Waals surface area (Å²) in [4.78, 5) is 37.2. The Morgan fingerprint density at radius 1 is 1.23 bits per heavy atom. The van der Waals surface area contributed by atoms with Gasteiger partial charge in [0.05, 0.1) is 24.6 Å². The van der Waals surface area contributed by atoms with Crippen LogP contribution in [0.25, 0.3) is 5.65 Å². The summed E-state index contributed by atoms with van der Waals surface area (Å²) in [5.74, 6) is -4.78. The Morgan fingerprint density at radius 2 is 1.91 bits per heavy atom. The lowest BCUT2D eigenvalue weighted by molar-refractivity contribution is -0.154. The van der Waals surface area contributed by atoms with Crippen molar-refractivity contribution in [3.05, 3.63) is 41.1 Å². The van der Waals surface area contributed by atoms with Gasteiger partial charge in [-0.2, -0.15) is 18.3 Å². The van der Waals surface area contributed by atoms with Gasteiger partial charge in [0.2, 0.25) is 23.9 Å². The quantitative estimate of drug-likeness (QED) is 0.262. The highest BCUT2D eigenvalue weighted by molar-refractivity contribution is 5.93. The van der Waals surface area contributed by atoms with E-state index in [-0.39, 0.29) is 32.2 Å². The summed E-state index contributed by atoms with van der Waals surface area (Å²) in [6.45, 7) is -0.147. The topological polar surface area (TPSA) is 156 Å². The minimum Gasteiger partial charge on any atom is -0.362 e. The molecule has 2 unspecified atom stereocenters. The second-order valence-corrected chi connectivity index (χ2v) is 9.94. The van der Waals surface area contributed by atoms with Gasteiger partial charge in [0, 0.05) is 25.8 Å². The van der Waals surface area contributed by atoms with Crippen molar-refractivity contribution in [2.24, 2.45) is 5.92 Å². The van der Waals surface area contributed by atoms with Crippen LogP contribution in [0.2, 0.25) is 0 Å². The summed E-state index contributed by atoms with van der Waals surface area (Å²) in [6, 6.07) is -0.313. The van der Waals surface area contributed by atoms with Crippen LogP contribution in [0.1, 0.15) is 72.4 Å². The summed E-state index contributed by atoms with van der Waals surface area (Å²) in [7, 11) is 1.56. The molecule has 0 radical (unpaired) electrons. The Hall–Kier alpha value is -4.32. The Labute approximate surface area is 245 Å². The molecule has 3 amide bonds. The highest BCUT2D eigenvalue weighted by atomic mass is 19.4. The van der Waals surface area contributed by atoms with E-state index in [0.29, 0.717) is 36.2 Å². The number of carbonyl (C=O) groups excluding carboxylic acids is 3. The van der Waals surface area contributed by atoms with E-state index in [9.17, 15) is 40.3 Å². The molecule has 4 heterocycles. The third-order valence-corrected chi connectivity index (χ3v) is 6.58. The number of aromatic nitrogens is 5. The first-order chi connectivity index (χ1) is 20.7. The first-order valence-electron chi connectivity index (χ1n) is 13.3. The lowest BCUT2D eigenvalue weighted by atomic mass is 9.97. The zero-order valence-corrected chi connectivity index (χ0v) is 23.2. The predicted octanol–water partition coefficient (Wildman–Crippen LogP) is 3.54. The first kappa shape index (κ1) is 34.2. The van der Waals surface area contributed by atoms with Crippen LogP contribution in [-0.4, -0.2) is 68.3 Å². The van der Waals surface area contributed by atoms with Crippen LogP contribution in [-0.2, 0) is 22.6 Å². The molecule has 19 heteroatoms. The molecule has 2 atom stereocenters. The van der Waals surface area contributed by atoms with Crippen molar-refractivity contribution in [3.8, 4) is 0 Å². The van der Waals surface area contributed by atoms with Gasteiger partial charge in [-0.15, -0.1) is 0 Å². The second kappa shape index (κ2) is 14.9. The van der Waals surface area contributed by atoms with Crippen LogP contribution in [0.5, 0.6) is 0 Å². The highest BCUT2D eigenvalue weighted by Gasteiger charge is 2.47. The van der Waals surface area contributed by atoms with E-state index in [1.165, 1.54) is 16.9 Å². The molecule has 3 N–H and O–H groups in total. The van der Waals surface area contributed by atoms with Crippen molar-refractivity contribution in [1.29, 1.82) is 0 Å². The third-order valence-electron chi connectivity index (χ3n) is 6.58. The average Bonchev–Trinajstić information content (AvgIpc) is 3.70. The fourth-order valence-corrected chi connectivity index (χ4v) is 4.40. The van der Waals surface area contributed by atoms with Crippen LogP contribution in [0.15, 0.2) is 23.1 Å². The molecule has 0 aromatic carbocycles. The molecule has 1 aliphatic carbocycles. The number of hydrogen-bond acceptors (Lipinski definition) is 8. The summed E-state index contributed by atoms with van der Waals surface area (Å²) < 4.78 is 93.9. The summed E-state index contributed by atoms with van der Waals surface area (Å²) in [6.07, 6.45) is -1.69. The molecule has 1 saturated carbocycles. The molecule has 1 saturated heterocycles. The standard InChI is InChI=1S/C17H14F5N7O3.C6H10F2.C2H5NO/c18-14(19)12-13(28-32-27-12)16(31)23-5-9-6-29-11(25-9)2-7(4-24-29)1-8-3-10(17(20,21)22)26-15(8)30;7-6(8)4-2-1-3-5-6;1-3-2-4/h2,4,6,8,10,14H,1,3,5H2,(H,23,31)(H,26,30);1-5H2;2H,1H3,(H,3,4). The summed E-state index contributed by atoms with van der Waals surface area (Å²) in [5, 5.41) is 16.8. The van der Waals surface area contributed by atoms with Crippen LogP contribution in [0, 0.1) is 5.92 Å². The smallest absolute Gasteiger partial charge is 0.362 e. The number of alkyl halides is 7. The summed E-state index contributed by atoms with van der Waals surface area (Å²) >= 11 is 0. The Kier molecular flexibility index (Phi) is 11.6. The zero-order valence-electron chi connectivity index (χ0n) is 23.2. The maximum Gasteiger partial charge on any atom is 0.408 e. The van der Waals surface area contributed by atoms with Crippen LogP contribution in [0.4, 0.5) is 30.7 Å². The highest BCUT2D eigenvalue weighted by Crippen LogP contribution is 2.33. The Bertz CT molecular complexity index is 1400. The number of imidazole rings is 1. The van der Waals surface area contributed by atoms with Gasteiger partial charge in [-0.1, -0.05) is 6.42 Å². The number of nitrogens with one attached hydrogen (secondary N) is 3. The van der Waals surface area contributed by atoms with Crippen LogP contribution in [0.3, 0.4) is 0 Å². The van der Waals surface area contributed by atoms with Gasteiger partial charge in [0.25, 0.3) is 12.3 Å². The molecular formula is C25H29F7N8O4. The normalized spacial score (nSPS) is 19.3. The minimum absolute atomic E-state index is 0.0520. The van der Waals surface area contributed by atoms with E-state index in [2.05, 4.69) is 35.7 Å². The summed E-state index contributed by atoms with van der Waals surface area (Å²) in [5.41, 5.74) is -0.358. The molecule has 44 heavy (non-hydrogen) atoms. The van der Waals surface area contributed by atoms with Gasteiger partial charge in [-0.3, -0.25) is 14.4 Å². The average molecular weight is 639 g/mol. The predicted molar refractivity (Wildman–Crippen MR) is 136 cm³/mol. The molecule has 3 aromatic rings. The molecular weight excluding hydrogens is 609 g/mol. The van der Waals surface area contributed by atoms with E-state index < -0.39 is 53.7 Å². The van der Waals surface area contributed by atoms with Gasteiger partial charge < -0.3 is 16.0 Å². The Balaban J connectivity index is 0.000000370. The van der Waals surface area contributed by atoms with E-state index in [1.807, 2.05) is 5.32 Å². The fourth-order valence-electron chi connectivity index (χ4n) is 4.40. The largest absolute Gasteiger partial charge is 0.408 e. The molecule has 0 bridgehead atoms.